The van der Waals surface area contributed by atoms with Gasteiger partial charge in [-0.15, -0.1) is 0 Å². The van der Waals surface area contributed by atoms with Crippen molar-refractivity contribution in [3.63, 3.8) is 0 Å². The number of likely N-dealkylation sites (tertiary alicyclic amines) is 1. The molecule has 3 unspecified atom stereocenters. The summed E-state index contributed by atoms with van der Waals surface area (Å²) in [6, 6.07) is -0.870. The van der Waals surface area contributed by atoms with Crippen molar-refractivity contribution in [2.75, 3.05) is 19.7 Å². The van der Waals surface area contributed by atoms with Crippen LogP contribution in [-0.2, 0) is 19.1 Å². The van der Waals surface area contributed by atoms with Crippen molar-refractivity contribution >= 4 is 17.7 Å². The summed E-state index contributed by atoms with van der Waals surface area (Å²) < 4.78 is 6.55. The summed E-state index contributed by atoms with van der Waals surface area (Å²) in [6.07, 6.45) is 1.74. The molecule has 1 spiro atoms. The van der Waals surface area contributed by atoms with Crippen LogP contribution < -0.4 is 10.6 Å². The molecule has 3 N–H and O–H groups in total. The van der Waals surface area contributed by atoms with Gasteiger partial charge in [0.2, 0.25) is 17.7 Å². The van der Waals surface area contributed by atoms with Crippen molar-refractivity contribution in [2.24, 2.45) is 17.8 Å². The van der Waals surface area contributed by atoms with Gasteiger partial charge >= 0.3 is 0 Å². The van der Waals surface area contributed by atoms with Crippen molar-refractivity contribution in [3.05, 3.63) is 0 Å². The topological polar surface area (TPSA) is 108 Å². The molecule has 29 heavy (non-hydrogen) atoms. The van der Waals surface area contributed by atoms with Crippen molar-refractivity contribution in [1.82, 2.24) is 15.5 Å². The van der Waals surface area contributed by atoms with E-state index in [0.717, 1.165) is 6.42 Å². The Balaban J connectivity index is 2.03. The second-order valence-corrected chi connectivity index (χ2v) is 9.27. The average Bonchev–Trinajstić information content (AvgIpc) is 3.14. The molecule has 0 aliphatic carbocycles. The number of nitrogens with one attached hydrogen (secondary N) is 2. The van der Waals surface area contributed by atoms with Crippen LogP contribution in [0.15, 0.2) is 0 Å². The van der Waals surface area contributed by atoms with Gasteiger partial charge in [-0.2, -0.15) is 0 Å². The fourth-order valence-electron chi connectivity index (χ4n) is 5.64. The van der Waals surface area contributed by atoms with E-state index in [1.165, 1.54) is 4.90 Å². The highest BCUT2D eigenvalue weighted by Crippen LogP contribution is 2.65. The molecule has 6 atom stereocenters. The normalized spacial score (nSPS) is 37.9. The highest BCUT2D eigenvalue weighted by Gasteiger charge is 2.79. The molecule has 3 aliphatic heterocycles. The quantitative estimate of drug-likeness (QED) is 0.539. The first-order chi connectivity index (χ1) is 13.6. The van der Waals surface area contributed by atoms with Gasteiger partial charge in [0, 0.05) is 25.7 Å². The van der Waals surface area contributed by atoms with Crippen LogP contribution in [0.5, 0.6) is 0 Å². The molecule has 3 heterocycles. The fourth-order valence-corrected chi connectivity index (χ4v) is 5.64. The van der Waals surface area contributed by atoms with E-state index < -0.39 is 29.1 Å². The van der Waals surface area contributed by atoms with E-state index in [9.17, 15) is 19.5 Å². The van der Waals surface area contributed by atoms with Gasteiger partial charge in [-0.3, -0.25) is 14.4 Å². The minimum atomic E-state index is -1.01. The number of rotatable bonds is 8. The van der Waals surface area contributed by atoms with Crippen LogP contribution in [0.3, 0.4) is 0 Å². The van der Waals surface area contributed by atoms with Crippen LogP contribution in [0.2, 0.25) is 0 Å². The monoisotopic (exact) mass is 409 g/mol. The number of carbonyl (C=O) groups is 3. The highest BCUT2D eigenvalue weighted by atomic mass is 16.5. The van der Waals surface area contributed by atoms with Crippen molar-refractivity contribution < 1.29 is 24.2 Å². The Kier molecular flexibility index (Phi) is 5.98. The van der Waals surface area contributed by atoms with Crippen LogP contribution in [0.4, 0.5) is 0 Å². The van der Waals surface area contributed by atoms with Crippen LogP contribution in [-0.4, -0.2) is 70.7 Å². The third kappa shape index (κ3) is 3.24. The molecule has 0 aromatic rings. The lowest BCUT2D eigenvalue weighted by Gasteiger charge is -2.36. The standard InChI is InChI=1S/C21H35N3O5/c1-6-8-22-17(26)14-15-19(28)24(9-7-10-25)16(18(27)23-12(2)3)21(15)11-13(4)20(14,5)29-21/h12-16,25H,6-11H2,1-5H3,(H,22,26)(H,23,27)/t13?,14-,15+,16?,20+,21?/m1/s1. The number of aliphatic hydroxyl groups is 1. The summed E-state index contributed by atoms with van der Waals surface area (Å²) in [5.41, 5.74) is -1.79. The molecule has 0 saturated carbocycles. The summed E-state index contributed by atoms with van der Waals surface area (Å²) in [4.78, 5) is 41.4. The van der Waals surface area contributed by atoms with E-state index >= 15 is 0 Å². The fraction of sp³-hybridized carbons (Fsp3) is 0.857. The number of hydrogen-bond acceptors (Lipinski definition) is 5. The van der Waals surface area contributed by atoms with Gasteiger partial charge in [-0.25, -0.2) is 0 Å². The first-order valence-corrected chi connectivity index (χ1v) is 10.8. The molecule has 3 amide bonds. The number of ether oxygens (including phenoxy) is 1. The first kappa shape index (κ1) is 22.0. The summed E-state index contributed by atoms with van der Waals surface area (Å²) >= 11 is 0. The summed E-state index contributed by atoms with van der Waals surface area (Å²) in [7, 11) is 0. The number of carbonyl (C=O) groups excluding carboxylic acids is 3. The molecule has 0 radical (unpaired) electrons. The Morgan fingerprint density at radius 3 is 2.62 bits per heavy atom. The Morgan fingerprint density at radius 2 is 2.03 bits per heavy atom. The molecule has 3 saturated heterocycles. The maximum Gasteiger partial charge on any atom is 0.246 e. The maximum atomic E-state index is 13.5. The lowest BCUT2D eigenvalue weighted by atomic mass is 9.62. The second-order valence-electron chi connectivity index (χ2n) is 9.27. The van der Waals surface area contributed by atoms with Crippen LogP contribution >= 0.6 is 0 Å². The van der Waals surface area contributed by atoms with Gasteiger partial charge < -0.3 is 25.4 Å². The summed E-state index contributed by atoms with van der Waals surface area (Å²) in [5.74, 6) is -1.90. The summed E-state index contributed by atoms with van der Waals surface area (Å²) in [6.45, 7) is 10.4. The molecular weight excluding hydrogens is 374 g/mol. The smallest absolute Gasteiger partial charge is 0.246 e. The third-order valence-corrected chi connectivity index (χ3v) is 6.88. The van der Waals surface area contributed by atoms with E-state index in [0.29, 0.717) is 19.4 Å². The lowest BCUT2D eigenvalue weighted by Crippen LogP contribution is -2.56. The third-order valence-electron chi connectivity index (χ3n) is 6.88. The van der Waals surface area contributed by atoms with E-state index in [1.807, 2.05) is 34.6 Å². The van der Waals surface area contributed by atoms with Gasteiger partial charge in [-0.1, -0.05) is 13.8 Å². The number of hydrogen-bond donors (Lipinski definition) is 3. The Labute approximate surface area is 172 Å². The van der Waals surface area contributed by atoms with Gasteiger partial charge in [0.15, 0.2) is 0 Å². The van der Waals surface area contributed by atoms with Gasteiger partial charge in [0.1, 0.15) is 11.6 Å². The molecule has 0 aromatic carbocycles. The second kappa shape index (κ2) is 7.87. The minimum absolute atomic E-state index is 0.0380. The van der Waals surface area contributed by atoms with E-state index in [4.69, 9.17) is 4.74 Å². The van der Waals surface area contributed by atoms with Crippen LogP contribution in [0.25, 0.3) is 0 Å². The molecule has 3 fully saturated rings. The zero-order valence-electron chi connectivity index (χ0n) is 18.2. The minimum Gasteiger partial charge on any atom is -0.396 e. The van der Waals surface area contributed by atoms with Crippen molar-refractivity contribution in [2.45, 2.75) is 77.2 Å². The molecule has 3 rings (SSSR count). The maximum absolute atomic E-state index is 13.5. The molecule has 2 bridgehead atoms. The number of aliphatic hydroxyl groups excluding tert-OH is 1. The van der Waals surface area contributed by atoms with E-state index in [1.54, 1.807) is 0 Å². The molecule has 8 nitrogen and oxygen atoms in total. The van der Waals surface area contributed by atoms with Crippen LogP contribution in [0, 0.1) is 17.8 Å². The molecule has 8 heteroatoms. The zero-order chi connectivity index (χ0) is 21.6. The average molecular weight is 410 g/mol. The predicted molar refractivity (Wildman–Crippen MR) is 107 cm³/mol. The zero-order valence-corrected chi connectivity index (χ0v) is 18.2. The van der Waals surface area contributed by atoms with Crippen molar-refractivity contribution in [3.8, 4) is 0 Å². The number of nitrogens with zero attached hydrogens (tertiary/aromatic N) is 1. The van der Waals surface area contributed by atoms with Gasteiger partial charge in [0.25, 0.3) is 0 Å². The highest BCUT2D eigenvalue weighted by molar-refractivity contribution is 5.99. The summed E-state index contributed by atoms with van der Waals surface area (Å²) in [5, 5.41) is 15.2. The van der Waals surface area contributed by atoms with E-state index in [2.05, 4.69) is 10.6 Å². The van der Waals surface area contributed by atoms with Gasteiger partial charge in [-0.05, 0) is 46.0 Å². The van der Waals surface area contributed by atoms with Gasteiger partial charge in [0.05, 0.1) is 17.4 Å². The van der Waals surface area contributed by atoms with E-state index in [-0.39, 0.29) is 42.8 Å². The Hall–Kier alpha value is -1.67. The first-order valence-electron chi connectivity index (χ1n) is 10.8. The molecule has 164 valence electrons. The molecule has 0 aromatic heterocycles. The molecule has 3 aliphatic rings. The number of amides is 3. The molecular formula is C21H35N3O5. The van der Waals surface area contributed by atoms with Crippen molar-refractivity contribution in [1.29, 1.82) is 0 Å². The Bertz CT molecular complexity index is 683. The SMILES string of the molecule is CCCNC(=O)[C@H]1[C@H]2C(=O)N(CCCO)C(C(=O)NC(C)C)C23CC(C)[C@]1(C)O3. The van der Waals surface area contributed by atoms with Crippen LogP contribution in [0.1, 0.15) is 53.9 Å². The largest absolute Gasteiger partial charge is 0.396 e. The lowest BCUT2D eigenvalue weighted by molar-refractivity contribution is -0.147. The Morgan fingerprint density at radius 1 is 1.34 bits per heavy atom. The number of fused-ring (bicyclic) bond motifs is 1. The predicted octanol–water partition coefficient (Wildman–Crippen LogP) is 0.430.